The molecule has 0 saturated carbocycles. The molecule has 2 aromatic carbocycles. The number of amides is 1. The number of methoxy groups -OCH3 is 1. The minimum Gasteiger partial charge on any atom is -0.497 e. The normalized spacial score (nSPS) is 10.7. The van der Waals surface area contributed by atoms with Crippen molar-refractivity contribution in [2.75, 3.05) is 12.4 Å². The first-order chi connectivity index (χ1) is 14.1. The molecule has 29 heavy (non-hydrogen) atoms. The first kappa shape index (κ1) is 18.8. The number of benzene rings is 2. The zero-order valence-corrected chi connectivity index (χ0v) is 16.3. The lowest BCUT2D eigenvalue weighted by Gasteiger charge is -2.09. The van der Waals surface area contributed by atoms with Gasteiger partial charge in [0.2, 0.25) is 11.7 Å². The van der Waals surface area contributed by atoms with E-state index in [-0.39, 0.29) is 12.5 Å². The van der Waals surface area contributed by atoms with Gasteiger partial charge in [-0.3, -0.25) is 4.79 Å². The van der Waals surface area contributed by atoms with Crippen molar-refractivity contribution in [3.8, 4) is 28.7 Å². The third-order valence-electron chi connectivity index (χ3n) is 4.22. The second-order valence-electron chi connectivity index (χ2n) is 6.23. The van der Waals surface area contributed by atoms with Gasteiger partial charge >= 0.3 is 0 Å². The van der Waals surface area contributed by atoms with E-state index in [1.54, 1.807) is 42.1 Å². The standard InChI is InChI=1S/C21H17ClN4O3/c1-28-17-8-3-7-16(12-17)23-19(27)13-26-10-4-9-18(26)21-24-20(25-29-21)14-5-2-6-15(22)11-14/h2-12H,13H2,1H3,(H,23,27). The van der Waals surface area contributed by atoms with E-state index in [1.807, 2.05) is 36.4 Å². The Bertz CT molecular complexity index is 1150. The number of nitrogens with one attached hydrogen (secondary N) is 1. The average molecular weight is 409 g/mol. The zero-order chi connectivity index (χ0) is 20.2. The van der Waals surface area contributed by atoms with Crippen LogP contribution in [0.1, 0.15) is 0 Å². The van der Waals surface area contributed by atoms with E-state index in [1.165, 1.54) is 0 Å². The minimum absolute atomic E-state index is 0.0917. The highest BCUT2D eigenvalue weighted by atomic mass is 35.5. The van der Waals surface area contributed by atoms with Gasteiger partial charge in [-0.2, -0.15) is 4.98 Å². The fraction of sp³-hybridized carbons (Fsp3) is 0.0952. The predicted octanol–water partition coefficient (Wildman–Crippen LogP) is 4.51. The monoisotopic (exact) mass is 408 g/mol. The number of rotatable bonds is 6. The SMILES string of the molecule is COc1cccc(NC(=O)Cn2cccc2-c2nc(-c3cccc(Cl)c3)no2)c1. The molecule has 2 heterocycles. The summed E-state index contributed by atoms with van der Waals surface area (Å²) in [5.74, 6) is 1.23. The van der Waals surface area contributed by atoms with Gasteiger partial charge in [0.15, 0.2) is 0 Å². The molecule has 1 amide bonds. The van der Waals surface area contributed by atoms with E-state index in [0.29, 0.717) is 33.9 Å². The Morgan fingerprint density at radius 2 is 2.03 bits per heavy atom. The summed E-state index contributed by atoms with van der Waals surface area (Å²) < 4.78 is 12.3. The summed E-state index contributed by atoms with van der Waals surface area (Å²) in [6.07, 6.45) is 1.78. The maximum Gasteiger partial charge on any atom is 0.274 e. The average Bonchev–Trinajstić information content (AvgIpc) is 3.37. The number of carbonyl (C=O) groups is 1. The van der Waals surface area contributed by atoms with Crippen molar-refractivity contribution in [1.29, 1.82) is 0 Å². The summed E-state index contributed by atoms with van der Waals surface area (Å²) in [6, 6.07) is 18.0. The Labute approximate surface area is 171 Å². The third-order valence-corrected chi connectivity index (χ3v) is 4.46. The number of anilines is 1. The number of halogens is 1. The quantitative estimate of drug-likeness (QED) is 0.507. The van der Waals surface area contributed by atoms with E-state index >= 15 is 0 Å². The van der Waals surface area contributed by atoms with Crippen LogP contribution < -0.4 is 10.1 Å². The van der Waals surface area contributed by atoms with Gasteiger partial charge in [0.05, 0.1) is 7.11 Å². The minimum atomic E-state index is -0.190. The molecule has 0 radical (unpaired) electrons. The molecule has 0 aliphatic carbocycles. The fourth-order valence-electron chi connectivity index (χ4n) is 2.87. The van der Waals surface area contributed by atoms with Crippen LogP contribution in [0.3, 0.4) is 0 Å². The highest BCUT2D eigenvalue weighted by molar-refractivity contribution is 6.30. The second kappa shape index (κ2) is 8.20. The van der Waals surface area contributed by atoms with Gasteiger partial charge in [-0.05, 0) is 36.4 Å². The zero-order valence-electron chi connectivity index (χ0n) is 15.5. The van der Waals surface area contributed by atoms with Crippen molar-refractivity contribution in [2.24, 2.45) is 0 Å². The number of ether oxygens (including phenoxy) is 1. The van der Waals surface area contributed by atoms with Gasteiger partial charge in [0, 0.05) is 28.5 Å². The molecule has 4 aromatic rings. The molecule has 0 unspecified atom stereocenters. The van der Waals surface area contributed by atoms with Crippen molar-refractivity contribution in [3.63, 3.8) is 0 Å². The Morgan fingerprint density at radius 3 is 2.86 bits per heavy atom. The summed E-state index contributed by atoms with van der Waals surface area (Å²) >= 11 is 6.03. The molecule has 0 bridgehead atoms. The van der Waals surface area contributed by atoms with Crippen LogP contribution in [0.15, 0.2) is 71.4 Å². The first-order valence-electron chi connectivity index (χ1n) is 8.81. The molecular weight excluding hydrogens is 392 g/mol. The molecule has 0 aliphatic rings. The molecule has 0 atom stereocenters. The van der Waals surface area contributed by atoms with E-state index < -0.39 is 0 Å². The van der Waals surface area contributed by atoms with E-state index in [4.69, 9.17) is 20.9 Å². The van der Waals surface area contributed by atoms with Crippen LogP contribution in [0.4, 0.5) is 5.69 Å². The van der Waals surface area contributed by atoms with Gasteiger partial charge in [-0.25, -0.2) is 0 Å². The summed E-state index contributed by atoms with van der Waals surface area (Å²) in [6.45, 7) is 0.0917. The molecule has 0 spiro atoms. The highest BCUT2D eigenvalue weighted by Gasteiger charge is 2.16. The summed E-state index contributed by atoms with van der Waals surface area (Å²) in [5.41, 5.74) is 2.05. The van der Waals surface area contributed by atoms with Gasteiger partial charge in [0.1, 0.15) is 18.0 Å². The largest absolute Gasteiger partial charge is 0.497 e. The van der Waals surface area contributed by atoms with E-state index in [9.17, 15) is 4.79 Å². The first-order valence-corrected chi connectivity index (χ1v) is 9.19. The van der Waals surface area contributed by atoms with E-state index in [2.05, 4.69) is 15.5 Å². The lowest BCUT2D eigenvalue weighted by atomic mass is 10.2. The van der Waals surface area contributed by atoms with E-state index in [0.717, 1.165) is 5.56 Å². The molecule has 7 nitrogen and oxygen atoms in total. The van der Waals surface area contributed by atoms with Crippen molar-refractivity contribution in [3.05, 3.63) is 71.9 Å². The van der Waals surface area contributed by atoms with Gasteiger partial charge < -0.3 is 19.1 Å². The van der Waals surface area contributed by atoms with Crippen molar-refractivity contribution in [2.45, 2.75) is 6.54 Å². The van der Waals surface area contributed by atoms with Crippen molar-refractivity contribution in [1.82, 2.24) is 14.7 Å². The number of carbonyl (C=O) groups excluding carboxylic acids is 1. The van der Waals surface area contributed by atoms with Crippen LogP contribution >= 0.6 is 11.6 Å². The van der Waals surface area contributed by atoms with Crippen LogP contribution in [-0.2, 0) is 11.3 Å². The lowest BCUT2D eigenvalue weighted by molar-refractivity contribution is -0.116. The van der Waals surface area contributed by atoms with Crippen LogP contribution in [0.2, 0.25) is 5.02 Å². The predicted molar refractivity (Wildman–Crippen MR) is 110 cm³/mol. The smallest absolute Gasteiger partial charge is 0.274 e. The molecule has 8 heteroatoms. The molecular formula is C21H17ClN4O3. The van der Waals surface area contributed by atoms with Gasteiger partial charge in [0.25, 0.3) is 5.89 Å². The molecule has 1 N–H and O–H groups in total. The summed E-state index contributed by atoms with van der Waals surface area (Å²) in [7, 11) is 1.58. The van der Waals surface area contributed by atoms with Crippen LogP contribution in [-0.4, -0.2) is 27.7 Å². The number of hydrogen-bond donors (Lipinski definition) is 1. The Morgan fingerprint density at radius 1 is 1.17 bits per heavy atom. The highest BCUT2D eigenvalue weighted by Crippen LogP contribution is 2.24. The molecule has 0 aliphatic heterocycles. The van der Waals surface area contributed by atoms with Crippen molar-refractivity contribution < 1.29 is 14.1 Å². The van der Waals surface area contributed by atoms with Gasteiger partial charge in [-0.15, -0.1) is 0 Å². The maximum absolute atomic E-state index is 12.5. The third kappa shape index (κ3) is 4.30. The number of aromatic nitrogens is 3. The number of nitrogens with zero attached hydrogens (tertiary/aromatic N) is 3. The summed E-state index contributed by atoms with van der Waals surface area (Å²) in [4.78, 5) is 16.9. The van der Waals surface area contributed by atoms with Crippen LogP contribution in [0.25, 0.3) is 23.0 Å². The molecule has 146 valence electrons. The van der Waals surface area contributed by atoms with Crippen LogP contribution in [0, 0.1) is 0 Å². The van der Waals surface area contributed by atoms with Gasteiger partial charge in [-0.1, -0.05) is 35.0 Å². The fourth-order valence-corrected chi connectivity index (χ4v) is 3.06. The maximum atomic E-state index is 12.5. The topological polar surface area (TPSA) is 82.2 Å². The van der Waals surface area contributed by atoms with Crippen LogP contribution in [0.5, 0.6) is 5.75 Å². The Balaban J connectivity index is 1.51. The summed E-state index contributed by atoms with van der Waals surface area (Å²) in [5, 5.41) is 7.46. The molecule has 0 saturated heterocycles. The molecule has 0 fully saturated rings. The van der Waals surface area contributed by atoms with Crippen molar-refractivity contribution >= 4 is 23.2 Å². The Hall–Kier alpha value is -3.58. The lowest BCUT2D eigenvalue weighted by Crippen LogP contribution is -2.18. The number of hydrogen-bond acceptors (Lipinski definition) is 5. The molecule has 2 aromatic heterocycles. The molecule has 4 rings (SSSR count). The Kier molecular flexibility index (Phi) is 5.31. The second-order valence-corrected chi connectivity index (χ2v) is 6.67.